The molecule has 0 aliphatic carbocycles. The van der Waals surface area contributed by atoms with Gasteiger partial charge in [0.05, 0.1) is 26.0 Å². The molecule has 0 bridgehead atoms. The molecule has 0 aliphatic heterocycles. The second-order valence-corrected chi connectivity index (χ2v) is 8.14. The van der Waals surface area contributed by atoms with E-state index in [9.17, 15) is 9.90 Å². The minimum absolute atomic E-state index is 0.0830. The topological polar surface area (TPSA) is 83.9 Å². The molecule has 3 aromatic rings. The Bertz CT molecular complexity index is 1050. The van der Waals surface area contributed by atoms with Crippen LogP contribution >= 0.6 is 0 Å². The maximum absolute atomic E-state index is 13.0. The van der Waals surface area contributed by atoms with Gasteiger partial charge in [-0.1, -0.05) is 19.9 Å². The van der Waals surface area contributed by atoms with Crippen molar-refractivity contribution in [2.45, 2.75) is 20.8 Å². The van der Waals surface area contributed by atoms with E-state index in [1.165, 1.54) is 0 Å². The van der Waals surface area contributed by atoms with Crippen molar-refractivity contribution in [2.75, 3.05) is 37.1 Å². The molecule has 2 N–H and O–H groups in total. The largest absolute Gasteiger partial charge is 0.495 e. The maximum atomic E-state index is 13.0. The number of hydrogen-bond donors (Lipinski definition) is 2. The molecule has 0 aliphatic rings. The predicted octanol–water partition coefficient (Wildman–Crippen LogP) is 4.82. The summed E-state index contributed by atoms with van der Waals surface area (Å²) in [6, 6.07) is 16.3. The normalized spacial score (nSPS) is 10.7. The molecule has 0 unspecified atom stereocenters. The number of carbonyl (C=O) groups excluding carboxylic acids is 1. The van der Waals surface area contributed by atoms with Gasteiger partial charge in [0, 0.05) is 24.0 Å². The van der Waals surface area contributed by atoms with Crippen LogP contribution in [0.1, 0.15) is 29.8 Å². The molecule has 0 radical (unpaired) electrons. The number of nitrogens with zero attached hydrogens (tertiary/aromatic N) is 2. The van der Waals surface area contributed by atoms with Crippen LogP contribution in [0.4, 0.5) is 17.2 Å². The van der Waals surface area contributed by atoms with E-state index in [2.05, 4.69) is 24.1 Å². The SMILES string of the molecule is COc1ccc(C(=O)Nc2ccc(OCC(C)C)cc2)cc1N(CCO)c1ccc(C)cn1. The van der Waals surface area contributed by atoms with Crippen LogP contribution in [0.2, 0.25) is 0 Å². The first-order chi connectivity index (χ1) is 15.9. The van der Waals surface area contributed by atoms with Crippen molar-refractivity contribution >= 4 is 23.1 Å². The second kappa shape index (κ2) is 11.3. The van der Waals surface area contributed by atoms with Crippen LogP contribution in [0.5, 0.6) is 11.5 Å². The average Bonchev–Trinajstić information content (AvgIpc) is 2.82. The number of aryl methyl sites for hydroxylation is 1. The first-order valence-corrected chi connectivity index (χ1v) is 10.9. The summed E-state index contributed by atoms with van der Waals surface area (Å²) in [6.45, 7) is 7.00. The lowest BCUT2D eigenvalue weighted by molar-refractivity contribution is 0.102. The second-order valence-electron chi connectivity index (χ2n) is 8.14. The first-order valence-electron chi connectivity index (χ1n) is 10.9. The van der Waals surface area contributed by atoms with E-state index in [1.54, 1.807) is 31.5 Å². The monoisotopic (exact) mass is 449 g/mol. The molecule has 0 spiro atoms. The van der Waals surface area contributed by atoms with Crippen LogP contribution in [0.25, 0.3) is 0 Å². The van der Waals surface area contributed by atoms with Crippen LogP contribution in [-0.2, 0) is 0 Å². The lowest BCUT2D eigenvalue weighted by Gasteiger charge is -2.25. The van der Waals surface area contributed by atoms with Crippen molar-refractivity contribution in [1.82, 2.24) is 4.98 Å². The third kappa shape index (κ3) is 6.46. The fraction of sp³-hybridized carbons (Fsp3) is 0.308. The standard InChI is InChI=1S/C26H31N3O4/c1-18(2)17-33-22-9-7-21(8-10-22)28-26(31)20-6-11-24(32-4)23(15-20)29(13-14-30)25-12-5-19(3)16-27-25/h5-12,15-16,18,30H,13-14,17H2,1-4H3,(H,28,31). The molecule has 174 valence electrons. The molecular formula is C26H31N3O4. The Morgan fingerprint density at radius 2 is 1.88 bits per heavy atom. The molecule has 0 saturated heterocycles. The van der Waals surface area contributed by atoms with E-state index in [0.29, 0.717) is 47.6 Å². The molecule has 0 fully saturated rings. The summed E-state index contributed by atoms with van der Waals surface area (Å²) in [5, 5.41) is 12.6. The van der Waals surface area contributed by atoms with E-state index < -0.39 is 0 Å². The fourth-order valence-electron chi connectivity index (χ4n) is 3.22. The van der Waals surface area contributed by atoms with Gasteiger partial charge in [0.15, 0.2) is 0 Å². The van der Waals surface area contributed by atoms with Crippen molar-refractivity contribution in [2.24, 2.45) is 5.92 Å². The van der Waals surface area contributed by atoms with Gasteiger partial charge in [0.25, 0.3) is 5.91 Å². The highest BCUT2D eigenvalue weighted by Gasteiger charge is 2.18. The fourth-order valence-corrected chi connectivity index (χ4v) is 3.22. The Labute approximate surface area is 195 Å². The van der Waals surface area contributed by atoms with Crippen LogP contribution < -0.4 is 19.7 Å². The minimum Gasteiger partial charge on any atom is -0.495 e. The number of carbonyl (C=O) groups is 1. The Hall–Kier alpha value is -3.58. The van der Waals surface area contributed by atoms with Gasteiger partial charge in [0.2, 0.25) is 0 Å². The highest BCUT2D eigenvalue weighted by Crippen LogP contribution is 2.34. The number of amides is 1. The molecule has 1 aromatic heterocycles. The van der Waals surface area contributed by atoms with Crippen molar-refractivity contribution < 1.29 is 19.4 Å². The number of aliphatic hydroxyl groups is 1. The van der Waals surface area contributed by atoms with Crippen molar-refractivity contribution in [3.05, 3.63) is 71.9 Å². The number of aromatic nitrogens is 1. The molecule has 2 aromatic carbocycles. The van der Waals surface area contributed by atoms with Gasteiger partial charge in [-0.3, -0.25) is 4.79 Å². The number of methoxy groups -OCH3 is 1. The molecule has 3 rings (SSSR count). The van der Waals surface area contributed by atoms with Crippen LogP contribution in [0, 0.1) is 12.8 Å². The Balaban J connectivity index is 1.83. The number of hydrogen-bond acceptors (Lipinski definition) is 6. The third-order valence-electron chi connectivity index (χ3n) is 4.92. The number of benzene rings is 2. The molecule has 0 atom stereocenters. The summed E-state index contributed by atoms with van der Waals surface area (Å²) in [6.07, 6.45) is 1.76. The van der Waals surface area contributed by atoms with Gasteiger partial charge in [-0.05, 0) is 66.9 Å². The third-order valence-corrected chi connectivity index (χ3v) is 4.92. The number of rotatable bonds is 10. The molecule has 0 saturated carbocycles. The van der Waals surface area contributed by atoms with E-state index in [0.717, 1.165) is 11.3 Å². The molecule has 7 nitrogen and oxygen atoms in total. The Morgan fingerprint density at radius 1 is 1.12 bits per heavy atom. The lowest BCUT2D eigenvalue weighted by Crippen LogP contribution is -2.23. The van der Waals surface area contributed by atoms with Gasteiger partial charge in [-0.2, -0.15) is 0 Å². The van der Waals surface area contributed by atoms with Crippen molar-refractivity contribution in [3.8, 4) is 11.5 Å². The first kappa shape index (κ1) is 24.1. The molecule has 7 heteroatoms. The molecular weight excluding hydrogens is 418 g/mol. The highest BCUT2D eigenvalue weighted by molar-refractivity contribution is 6.05. The van der Waals surface area contributed by atoms with Gasteiger partial charge >= 0.3 is 0 Å². The zero-order valence-electron chi connectivity index (χ0n) is 19.5. The zero-order chi connectivity index (χ0) is 23.8. The summed E-state index contributed by atoms with van der Waals surface area (Å²) in [5.41, 5.74) is 2.80. The van der Waals surface area contributed by atoms with E-state index >= 15 is 0 Å². The van der Waals surface area contributed by atoms with Gasteiger partial charge < -0.3 is 24.8 Å². The highest BCUT2D eigenvalue weighted by atomic mass is 16.5. The zero-order valence-corrected chi connectivity index (χ0v) is 19.5. The van der Waals surface area contributed by atoms with Gasteiger partial charge in [0.1, 0.15) is 17.3 Å². The van der Waals surface area contributed by atoms with E-state index in [-0.39, 0.29) is 12.5 Å². The van der Waals surface area contributed by atoms with Crippen LogP contribution in [0.3, 0.4) is 0 Å². The van der Waals surface area contributed by atoms with Crippen molar-refractivity contribution in [1.29, 1.82) is 0 Å². The van der Waals surface area contributed by atoms with Gasteiger partial charge in [-0.15, -0.1) is 0 Å². The van der Waals surface area contributed by atoms with Crippen LogP contribution in [0.15, 0.2) is 60.8 Å². The lowest BCUT2D eigenvalue weighted by atomic mass is 10.1. The van der Waals surface area contributed by atoms with E-state index in [1.807, 2.05) is 48.2 Å². The van der Waals surface area contributed by atoms with Gasteiger partial charge in [-0.25, -0.2) is 4.98 Å². The van der Waals surface area contributed by atoms with Crippen LogP contribution in [-0.4, -0.2) is 42.9 Å². The number of nitrogens with one attached hydrogen (secondary N) is 1. The number of aliphatic hydroxyl groups excluding tert-OH is 1. The minimum atomic E-state index is -0.254. The van der Waals surface area contributed by atoms with Crippen molar-refractivity contribution in [3.63, 3.8) is 0 Å². The molecule has 1 amide bonds. The predicted molar refractivity (Wildman–Crippen MR) is 131 cm³/mol. The van der Waals surface area contributed by atoms with E-state index in [4.69, 9.17) is 9.47 Å². The number of pyridine rings is 1. The maximum Gasteiger partial charge on any atom is 0.255 e. The Morgan fingerprint density at radius 3 is 2.48 bits per heavy atom. The number of ether oxygens (including phenoxy) is 2. The molecule has 33 heavy (non-hydrogen) atoms. The summed E-state index contributed by atoms with van der Waals surface area (Å²) in [7, 11) is 1.57. The summed E-state index contributed by atoms with van der Waals surface area (Å²) in [5.74, 6) is 2.18. The summed E-state index contributed by atoms with van der Waals surface area (Å²) in [4.78, 5) is 19.3. The number of anilines is 3. The smallest absolute Gasteiger partial charge is 0.255 e. The Kier molecular flexibility index (Phi) is 8.27. The quantitative estimate of drug-likeness (QED) is 0.462. The molecule has 1 heterocycles. The summed E-state index contributed by atoms with van der Waals surface area (Å²) < 4.78 is 11.2. The summed E-state index contributed by atoms with van der Waals surface area (Å²) >= 11 is 0. The average molecular weight is 450 g/mol.